The van der Waals surface area contributed by atoms with E-state index in [2.05, 4.69) is 5.32 Å². The zero-order valence-electron chi connectivity index (χ0n) is 11.1. The summed E-state index contributed by atoms with van der Waals surface area (Å²) >= 11 is 4.99. The summed E-state index contributed by atoms with van der Waals surface area (Å²) in [5.41, 5.74) is 0.871. The highest BCUT2D eigenvalue weighted by Gasteiger charge is 2.26. The fraction of sp³-hybridized carbons (Fsp3) is 0.357. The lowest BCUT2D eigenvalue weighted by Crippen LogP contribution is -2.48. The maximum absolute atomic E-state index is 11.0. The Morgan fingerprint density at radius 1 is 1.30 bits per heavy atom. The molecule has 0 spiro atoms. The molecule has 0 aliphatic heterocycles. The summed E-state index contributed by atoms with van der Waals surface area (Å²) < 4.78 is 0. The monoisotopic (exact) mass is 295 g/mol. The normalized spacial score (nSPS) is 13.3. The first-order valence-corrected chi connectivity index (χ1v) is 6.54. The number of ketones is 1. The van der Waals surface area contributed by atoms with Crippen molar-refractivity contribution in [3.05, 3.63) is 35.9 Å². The molecule has 1 rings (SSSR count). The van der Waals surface area contributed by atoms with Gasteiger partial charge in [0.25, 0.3) is 0 Å². The molecule has 2 atom stereocenters. The highest BCUT2D eigenvalue weighted by molar-refractivity contribution is 7.80. The lowest BCUT2D eigenvalue weighted by molar-refractivity contribution is -0.147. The SMILES string of the molecule is CC(=O)CC(=S)NC(Cc1ccccc1)C(O)C(=O)O. The molecule has 0 bridgehead atoms. The second kappa shape index (κ2) is 7.72. The van der Waals surface area contributed by atoms with Crippen molar-refractivity contribution < 1.29 is 19.8 Å². The summed E-state index contributed by atoms with van der Waals surface area (Å²) in [7, 11) is 0. The average Bonchev–Trinajstić information content (AvgIpc) is 2.37. The van der Waals surface area contributed by atoms with E-state index < -0.39 is 18.1 Å². The van der Waals surface area contributed by atoms with Crippen LogP contribution >= 0.6 is 12.2 Å². The molecular weight excluding hydrogens is 278 g/mol. The molecule has 0 radical (unpaired) electrons. The fourth-order valence-electron chi connectivity index (χ4n) is 1.77. The van der Waals surface area contributed by atoms with E-state index in [9.17, 15) is 14.7 Å². The second-order valence-electron chi connectivity index (χ2n) is 4.53. The molecule has 0 saturated carbocycles. The van der Waals surface area contributed by atoms with Crippen LogP contribution in [0.25, 0.3) is 0 Å². The molecule has 6 heteroatoms. The zero-order valence-corrected chi connectivity index (χ0v) is 11.9. The van der Waals surface area contributed by atoms with Gasteiger partial charge in [0.2, 0.25) is 0 Å². The van der Waals surface area contributed by atoms with Gasteiger partial charge in [0.1, 0.15) is 5.78 Å². The van der Waals surface area contributed by atoms with E-state index in [1.807, 2.05) is 30.3 Å². The third kappa shape index (κ3) is 5.46. The third-order valence-electron chi connectivity index (χ3n) is 2.69. The van der Waals surface area contributed by atoms with Gasteiger partial charge >= 0.3 is 5.97 Å². The van der Waals surface area contributed by atoms with E-state index in [0.29, 0.717) is 6.42 Å². The molecule has 0 saturated heterocycles. The Kier molecular flexibility index (Phi) is 6.27. The van der Waals surface area contributed by atoms with E-state index in [1.165, 1.54) is 6.92 Å². The van der Waals surface area contributed by atoms with Gasteiger partial charge in [0.15, 0.2) is 6.10 Å². The number of carboxylic acid groups (broad SMARTS) is 1. The zero-order chi connectivity index (χ0) is 15.1. The van der Waals surface area contributed by atoms with Crippen LogP contribution in [0, 0.1) is 0 Å². The predicted molar refractivity (Wildman–Crippen MR) is 78.6 cm³/mol. The van der Waals surface area contributed by atoms with Crippen LogP contribution in [0.2, 0.25) is 0 Å². The minimum Gasteiger partial charge on any atom is -0.479 e. The van der Waals surface area contributed by atoms with Gasteiger partial charge in [-0.1, -0.05) is 42.5 Å². The number of carbonyl (C=O) groups is 2. The number of carboxylic acids is 1. The van der Waals surface area contributed by atoms with Crippen molar-refractivity contribution in [1.82, 2.24) is 5.32 Å². The molecule has 0 amide bonds. The molecule has 0 aliphatic rings. The van der Waals surface area contributed by atoms with Gasteiger partial charge in [-0.3, -0.25) is 4.79 Å². The van der Waals surface area contributed by atoms with Crippen LogP contribution in [0.15, 0.2) is 30.3 Å². The maximum Gasteiger partial charge on any atom is 0.334 e. The Bertz CT molecular complexity index is 489. The first-order chi connectivity index (χ1) is 9.40. The number of Topliss-reactive ketones (excluding diaryl/α,β-unsaturated/α-hetero) is 1. The minimum absolute atomic E-state index is 0.0347. The van der Waals surface area contributed by atoms with Crippen LogP contribution in [0.1, 0.15) is 18.9 Å². The van der Waals surface area contributed by atoms with Crippen molar-refractivity contribution in [1.29, 1.82) is 0 Å². The molecule has 1 aromatic rings. The van der Waals surface area contributed by atoms with Crippen LogP contribution in [0.4, 0.5) is 0 Å². The Balaban J connectivity index is 2.77. The van der Waals surface area contributed by atoms with Crippen molar-refractivity contribution >= 4 is 29.0 Å². The topological polar surface area (TPSA) is 86.6 Å². The van der Waals surface area contributed by atoms with E-state index in [0.717, 1.165) is 5.56 Å². The Labute approximate surface area is 122 Å². The van der Waals surface area contributed by atoms with Gasteiger partial charge in [-0.2, -0.15) is 0 Å². The van der Waals surface area contributed by atoms with Crippen LogP contribution in [0.5, 0.6) is 0 Å². The second-order valence-corrected chi connectivity index (χ2v) is 5.02. The Morgan fingerprint density at radius 2 is 1.90 bits per heavy atom. The van der Waals surface area contributed by atoms with Gasteiger partial charge in [0, 0.05) is 0 Å². The van der Waals surface area contributed by atoms with Crippen molar-refractivity contribution in [2.75, 3.05) is 0 Å². The van der Waals surface area contributed by atoms with E-state index >= 15 is 0 Å². The molecule has 0 heterocycles. The van der Waals surface area contributed by atoms with Crippen LogP contribution < -0.4 is 5.32 Å². The van der Waals surface area contributed by atoms with E-state index in [1.54, 1.807) is 0 Å². The molecule has 0 aromatic heterocycles. The first-order valence-electron chi connectivity index (χ1n) is 6.13. The van der Waals surface area contributed by atoms with Crippen LogP contribution in [-0.4, -0.2) is 39.1 Å². The minimum atomic E-state index is -1.60. The largest absolute Gasteiger partial charge is 0.479 e. The number of thiocarbonyl (C=S) groups is 1. The van der Waals surface area contributed by atoms with E-state index in [-0.39, 0.29) is 17.2 Å². The summed E-state index contributed by atoms with van der Waals surface area (Å²) in [5.74, 6) is -1.45. The molecule has 2 unspecified atom stereocenters. The highest BCUT2D eigenvalue weighted by atomic mass is 32.1. The molecule has 1 aromatic carbocycles. The summed E-state index contributed by atoms with van der Waals surface area (Å²) in [4.78, 5) is 22.2. The number of benzene rings is 1. The number of hydrogen-bond acceptors (Lipinski definition) is 4. The molecule has 20 heavy (non-hydrogen) atoms. The number of aliphatic hydroxyl groups is 1. The standard InChI is InChI=1S/C14H17NO4S/c1-9(16)7-12(20)15-11(13(17)14(18)19)8-10-5-3-2-4-6-10/h2-6,11,13,17H,7-8H2,1H3,(H,15,20)(H,18,19). The lowest BCUT2D eigenvalue weighted by Gasteiger charge is -2.22. The number of carbonyl (C=O) groups excluding carboxylic acids is 1. The summed E-state index contributed by atoms with van der Waals surface area (Å²) in [6, 6.07) is 8.39. The molecular formula is C14H17NO4S. The fourth-order valence-corrected chi connectivity index (χ4v) is 2.12. The third-order valence-corrected chi connectivity index (χ3v) is 2.95. The van der Waals surface area contributed by atoms with Crippen LogP contribution in [-0.2, 0) is 16.0 Å². The van der Waals surface area contributed by atoms with Gasteiger partial charge in [-0.05, 0) is 18.9 Å². The smallest absolute Gasteiger partial charge is 0.334 e. The highest BCUT2D eigenvalue weighted by Crippen LogP contribution is 2.07. The summed E-state index contributed by atoms with van der Waals surface area (Å²) in [5, 5.41) is 21.4. The van der Waals surface area contributed by atoms with Crippen LogP contribution in [0.3, 0.4) is 0 Å². The van der Waals surface area contributed by atoms with Gasteiger partial charge in [-0.15, -0.1) is 0 Å². The van der Waals surface area contributed by atoms with Gasteiger partial charge < -0.3 is 15.5 Å². The first kappa shape index (κ1) is 16.3. The number of rotatable bonds is 7. The molecule has 108 valence electrons. The maximum atomic E-state index is 11.0. The molecule has 0 fully saturated rings. The predicted octanol–water partition coefficient (Wildman–Crippen LogP) is 0.939. The molecule has 0 aliphatic carbocycles. The average molecular weight is 295 g/mol. The molecule has 5 nitrogen and oxygen atoms in total. The van der Waals surface area contributed by atoms with Gasteiger partial charge in [0.05, 0.1) is 17.5 Å². The lowest BCUT2D eigenvalue weighted by atomic mass is 10.0. The van der Waals surface area contributed by atoms with E-state index in [4.69, 9.17) is 17.3 Å². The Hall–Kier alpha value is -1.79. The Morgan fingerprint density at radius 3 is 2.40 bits per heavy atom. The number of hydrogen-bond donors (Lipinski definition) is 3. The van der Waals surface area contributed by atoms with Crippen molar-refractivity contribution in [3.8, 4) is 0 Å². The summed E-state index contributed by atoms with van der Waals surface area (Å²) in [6.45, 7) is 1.40. The van der Waals surface area contributed by atoms with Gasteiger partial charge in [-0.25, -0.2) is 4.79 Å². The summed E-state index contributed by atoms with van der Waals surface area (Å²) in [6.07, 6.45) is -1.26. The number of aliphatic carboxylic acids is 1. The number of aliphatic hydroxyl groups excluding tert-OH is 1. The van der Waals surface area contributed by atoms with Crippen molar-refractivity contribution in [3.63, 3.8) is 0 Å². The van der Waals surface area contributed by atoms with Crippen molar-refractivity contribution in [2.24, 2.45) is 0 Å². The van der Waals surface area contributed by atoms with Crippen molar-refractivity contribution in [2.45, 2.75) is 31.9 Å². The quantitative estimate of drug-likeness (QED) is 0.649. The number of nitrogens with one attached hydrogen (secondary N) is 1. The molecule has 3 N–H and O–H groups in total.